The second kappa shape index (κ2) is 6.80. The smallest absolute Gasteiger partial charge is 0.314 e. The topological polar surface area (TPSA) is 105 Å². The number of amides is 2. The van der Waals surface area contributed by atoms with Crippen molar-refractivity contribution < 1.29 is 27.1 Å². The van der Waals surface area contributed by atoms with Crippen LogP contribution in [0.4, 0.5) is 4.79 Å². The van der Waals surface area contributed by atoms with E-state index in [2.05, 4.69) is 24.5 Å². The van der Waals surface area contributed by atoms with Gasteiger partial charge in [-0.1, -0.05) is 19.4 Å². The third-order valence-corrected chi connectivity index (χ3v) is 9.83. The molecule has 3 saturated carbocycles. The van der Waals surface area contributed by atoms with E-state index in [1.807, 2.05) is 0 Å². The van der Waals surface area contributed by atoms with Gasteiger partial charge in [0.15, 0.2) is 5.78 Å². The van der Waals surface area contributed by atoms with Crippen LogP contribution < -0.4 is 10.6 Å². The number of nitrogens with one attached hydrogen (secondary N) is 2. The van der Waals surface area contributed by atoms with Gasteiger partial charge in [-0.05, 0) is 67.8 Å². The van der Waals surface area contributed by atoms with Crippen LogP contribution in [0.1, 0.15) is 68.1 Å². The van der Waals surface area contributed by atoms with Gasteiger partial charge in [0, 0.05) is 34.2 Å². The Labute approximate surface area is 186 Å². The highest BCUT2D eigenvalue weighted by Gasteiger charge is 2.70. The first-order valence-corrected chi connectivity index (χ1v) is 11.8. The minimum absolute atomic E-state index is 0. The Balaban J connectivity index is 0.00000153. The summed E-state index contributed by atoms with van der Waals surface area (Å²) in [6.45, 7) is 4.39. The van der Waals surface area contributed by atoms with Gasteiger partial charge in [-0.25, -0.2) is 4.79 Å². The Morgan fingerprint density at radius 2 is 2.00 bits per heavy atom. The third kappa shape index (κ3) is 2.77. The van der Waals surface area contributed by atoms with E-state index in [1.165, 1.54) is 0 Å². The zero-order chi connectivity index (χ0) is 22.2. The maximum atomic E-state index is 12.4. The summed E-state index contributed by atoms with van der Waals surface area (Å²) in [4.78, 5) is 36.7. The number of ether oxygens (including phenoxy) is 1. The van der Waals surface area contributed by atoms with Crippen LogP contribution in [0.25, 0.3) is 0 Å². The predicted octanol–water partition coefficient (Wildman–Crippen LogP) is 2.96. The van der Waals surface area contributed by atoms with Gasteiger partial charge in [0.25, 0.3) is 0 Å². The molecule has 0 radical (unpaired) electrons. The van der Waals surface area contributed by atoms with Gasteiger partial charge in [-0.2, -0.15) is 0 Å². The third-order valence-electron chi connectivity index (χ3n) is 9.83. The largest absolute Gasteiger partial charge is 0.458 e. The van der Waals surface area contributed by atoms with E-state index in [-0.39, 0.29) is 55.3 Å². The lowest BCUT2D eigenvalue weighted by atomic mass is 9.44. The first-order chi connectivity index (χ1) is 14.6. The Morgan fingerprint density at radius 1 is 1.23 bits per heavy atom. The molecule has 0 aromatic rings. The first-order valence-electron chi connectivity index (χ1n) is 11.8. The van der Waals surface area contributed by atoms with Gasteiger partial charge in [-0.15, -0.1) is 0 Å². The lowest BCUT2D eigenvalue weighted by Crippen LogP contribution is -2.65. The molecule has 1 heterocycles. The van der Waals surface area contributed by atoms with Crippen LogP contribution in [0.15, 0.2) is 11.6 Å². The Morgan fingerprint density at radius 3 is 2.68 bits per heavy atom. The number of esters is 1. The molecule has 0 bridgehead atoms. The molecule has 7 nitrogen and oxygen atoms in total. The van der Waals surface area contributed by atoms with Crippen molar-refractivity contribution in [2.24, 2.45) is 28.6 Å². The number of hydrogen-bond donors (Lipinski definition) is 3. The second-order valence-corrected chi connectivity index (χ2v) is 11.0. The minimum atomic E-state index is -0.573. The summed E-state index contributed by atoms with van der Waals surface area (Å²) < 4.78 is 5.99. The van der Waals surface area contributed by atoms with Crippen molar-refractivity contribution in [3.63, 3.8) is 0 Å². The van der Waals surface area contributed by atoms with Gasteiger partial charge >= 0.3 is 12.0 Å². The molecule has 4 fully saturated rings. The first kappa shape index (κ1) is 21.0. The zero-order valence-electron chi connectivity index (χ0n) is 18.7. The van der Waals surface area contributed by atoms with Crippen LogP contribution in [0, 0.1) is 28.6 Å². The molecule has 174 valence electrons. The van der Waals surface area contributed by atoms with Crippen LogP contribution in [0.3, 0.4) is 0 Å². The van der Waals surface area contributed by atoms with Gasteiger partial charge in [0.1, 0.15) is 5.60 Å². The number of aliphatic hydroxyl groups excluding tert-OH is 1. The standard InChI is InChI=1S/C24H34N2O5.2H2/c1-22-7-4-14(27)10-13(22)11-16(26-21(30)25-3)19-15-5-8-24(9-6-18(29)31-24)23(15,2)12-17(28)20(19)22;;/h10,15-17,19-20,28H,4-9,11-12H2,1-3H3,(H2,25,26,30);2*1H/t15?,16-,17-,19?,20?,22+,23+,24-;;/m1../s1. The van der Waals surface area contributed by atoms with E-state index in [9.17, 15) is 19.5 Å². The van der Waals surface area contributed by atoms with E-state index in [0.717, 1.165) is 24.8 Å². The molecular weight excluding hydrogens is 396 g/mol. The van der Waals surface area contributed by atoms with Crippen molar-refractivity contribution in [2.75, 3.05) is 7.05 Å². The summed E-state index contributed by atoms with van der Waals surface area (Å²) in [6.07, 6.45) is 6.58. The number of rotatable bonds is 1. The van der Waals surface area contributed by atoms with Crippen molar-refractivity contribution in [3.8, 4) is 0 Å². The molecule has 0 aromatic carbocycles. The molecule has 3 unspecified atom stereocenters. The van der Waals surface area contributed by atoms with E-state index < -0.39 is 11.7 Å². The number of urea groups is 1. The summed E-state index contributed by atoms with van der Waals surface area (Å²) in [5, 5.41) is 17.4. The number of fused-ring (bicyclic) bond motifs is 6. The average molecular weight is 435 g/mol. The quantitative estimate of drug-likeness (QED) is 0.551. The molecule has 5 rings (SSSR count). The van der Waals surface area contributed by atoms with E-state index >= 15 is 0 Å². The maximum absolute atomic E-state index is 12.4. The van der Waals surface area contributed by atoms with Crippen molar-refractivity contribution in [3.05, 3.63) is 11.6 Å². The fraction of sp³-hybridized carbons (Fsp3) is 0.792. The average Bonchev–Trinajstić information content (AvgIpc) is 3.23. The number of aliphatic hydroxyl groups is 1. The van der Waals surface area contributed by atoms with Crippen molar-refractivity contribution in [1.82, 2.24) is 10.6 Å². The molecule has 5 aliphatic rings. The van der Waals surface area contributed by atoms with E-state index in [0.29, 0.717) is 32.1 Å². The van der Waals surface area contributed by atoms with Gasteiger partial charge < -0.3 is 20.5 Å². The van der Waals surface area contributed by atoms with Crippen molar-refractivity contribution in [2.45, 2.75) is 83.0 Å². The number of hydrogen-bond acceptors (Lipinski definition) is 5. The van der Waals surface area contributed by atoms with Gasteiger partial charge in [-0.3, -0.25) is 9.59 Å². The van der Waals surface area contributed by atoms with Gasteiger partial charge in [0.2, 0.25) is 0 Å². The van der Waals surface area contributed by atoms with Crippen LogP contribution in [0.5, 0.6) is 0 Å². The number of carbonyl (C=O) groups excluding carboxylic acids is 3. The summed E-state index contributed by atoms with van der Waals surface area (Å²) in [5.41, 5.74) is -0.000990. The molecule has 31 heavy (non-hydrogen) atoms. The highest BCUT2D eigenvalue weighted by molar-refractivity contribution is 5.91. The highest BCUT2D eigenvalue weighted by Crippen LogP contribution is 2.69. The highest BCUT2D eigenvalue weighted by atomic mass is 16.6. The zero-order valence-corrected chi connectivity index (χ0v) is 18.7. The maximum Gasteiger partial charge on any atom is 0.314 e. The minimum Gasteiger partial charge on any atom is -0.458 e. The fourth-order valence-corrected chi connectivity index (χ4v) is 8.34. The van der Waals surface area contributed by atoms with Crippen LogP contribution in [-0.4, -0.2) is 47.7 Å². The molecule has 4 aliphatic carbocycles. The molecule has 1 aliphatic heterocycles. The molecule has 0 aromatic heterocycles. The summed E-state index contributed by atoms with van der Waals surface area (Å²) in [6, 6.07) is -0.404. The van der Waals surface area contributed by atoms with Crippen molar-refractivity contribution in [1.29, 1.82) is 0 Å². The molecule has 1 saturated heterocycles. The summed E-state index contributed by atoms with van der Waals surface area (Å²) in [5.74, 6) is 0.278. The summed E-state index contributed by atoms with van der Waals surface area (Å²) in [7, 11) is 1.60. The lowest BCUT2D eigenvalue weighted by molar-refractivity contribution is -0.187. The van der Waals surface area contributed by atoms with Gasteiger partial charge in [0.05, 0.1) is 6.10 Å². The molecule has 8 atom stereocenters. The monoisotopic (exact) mass is 434 g/mol. The molecule has 2 amide bonds. The normalized spacial score (nSPS) is 48.4. The van der Waals surface area contributed by atoms with E-state index in [4.69, 9.17) is 4.74 Å². The lowest BCUT2D eigenvalue weighted by Gasteiger charge is -2.62. The molecular formula is C24H38N2O5. The molecule has 3 N–H and O–H groups in total. The van der Waals surface area contributed by atoms with Crippen molar-refractivity contribution >= 4 is 17.8 Å². The SMILES string of the molecule is CNC(=O)N[C@@H]1CC2=CC(=O)CC[C@]2(C)C2C1C1CC[C@@]3(CCC(=O)O3)[C@@]1(C)C[C@H]2O.[HH].[HH]. The van der Waals surface area contributed by atoms with Crippen LogP contribution >= 0.6 is 0 Å². The van der Waals surface area contributed by atoms with Crippen LogP contribution in [-0.2, 0) is 14.3 Å². The number of carbonyl (C=O) groups is 3. The fourth-order valence-electron chi connectivity index (χ4n) is 8.34. The van der Waals surface area contributed by atoms with E-state index in [1.54, 1.807) is 13.1 Å². The molecule has 1 spiro atoms. The molecule has 7 heteroatoms. The summed E-state index contributed by atoms with van der Waals surface area (Å²) >= 11 is 0. The Bertz CT molecular complexity index is 881. The Kier molecular flexibility index (Phi) is 4.60. The predicted molar refractivity (Wildman–Crippen MR) is 117 cm³/mol. The van der Waals surface area contributed by atoms with Crippen LogP contribution in [0.2, 0.25) is 0 Å². The second-order valence-electron chi connectivity index (χ2n) is 11.0. The Hall–Kier alpha value is -1.89. The number of ketones is 1.